The number of aryl methyl sites for hydroxylation is 2. The lowest BCUT2D eigenvalue weighted by Crippen LogP contribution is -1.98. The minimum Gasteiger partial charge on any atom is -0.289 e. The number of carbonyl (C=O) groups is 1. The summed E-state index contributed by atoms with van der Waals surface area (Å²) in [4.78, 5) is 22.4. The minimum absolute atomic E-state index is 0.0105. The van der Waals surface area contributed by atoms with E-state index in [1.54, 1.807) is 18.2 Å². The van der Waals surface area contributed by atoms with E-state index in [-0.39, 0.29) is 11.5 Å². The maximum Gasteiger partial charge on any atom is 0.270 e. The Hall–Kier alpha value is -2.75. The Morgan fingerprint density at radius 2 is 1.90 bits per heavy atom. The maximum absolute atomic E-state index is 12.2. The van der Waals surface area contributed by atoms with Crippen molar-refractivity contribution in [3.8, 4) is 0 Å². The van der Waals surface area contributed by atoms with Crippen molar-refractivity contribution in [1.29, 1.82) is 0 Å². The molecule has 0 heterocycles. The molecule has 2 rings (SSSR count). The molecule has 0 aliphatic heterocycles. The first-order valence-corrected chi connectivity index (χ1v) is 6.51. The highest BCUT2D eigenvalue weighted by molar-refractivity contribution is 6.07. The smallest absolute Gasteiger partial charge is 0.270 e. The van der Waals surface area contributed by atoms with Gasteiger partial charge in [-0.15, -0.1) is 0 Å². The van der Waals surface area contributed by atoms with Crippen molar-refractivity contribution in [2.75, 3.05) is 0 Å². The molecule has 0 unspecified atom stereocenters. The molecule has 0 saturated carbocycles. The fourth-order valence-electron chi connectivity index (χ4n) is 2.01. The Balaban J connectivity index is 2.24. The molecule has 0 fully saturated rings. The van der Waals surface area contributed by atoms with Crippen molar-refractivity contribution < 1.29 is 9.72 Å². The average Bonchev–Trinajstić information content (AvgIpc) is 2.47. The monoisotopic (exact) mass is 281 g/mol. The Kier molecular flexibility index (Phi) is 4.28. The molecule has 0 aromatic heterocycles. The van der Waals surface area contributed by atoms with Gasteiger partial charge in [0.2, 0.25) is 0 Å². The highest BCUT2D eigenvalue weighted by atomic mass is 16.6. The first-order valence-electron chi connectivity index (χ1n) is 6.51. The number of non-ortho nitro benzene ring substituents is 1. The van der Waals surface area contributed by atoms with Gasteiger partial charge in [-0.25, -0.2) is 0 Å². The summed E-state index contributed by atoms with van der Waals surface area (Å²) in [6.45, 7) is 3.81. The molecule has 0 aliphatic rings. The van der Waals surface area contributed by atoms with Crippen LogP contribution in [0.4, 0.5) is 5.69 Å². The summed E-state index contributed by atoms with van der Waals surface area (Å²) in [6, 6.07) is 11.9. The van der Waals surface area contributed by atoms with Crippen LogP contribution in [0, 0.1) is 24.0 Å². The SMILES string of the molecule is Cc1ccc(C)c(C(=O)/C=C/c2cccc([N+](=O)[O-])c2)c1. The number of hydrogen-bond donors (Lipinski definition) is 0. The van der Waals surface area contributed by atoms with Crippen molar-refractivity contribution in [3.05, 3.63) is 80.9 Å². The molecule has 0 N–H and O–H groups in total. The lowest BCUT2D eigenvalue weighted by molar-refractivity contribution is -0.384. The number of nitro benzene ring substituents is 1. The van der Waals surface area contributed by atoms with Crippen LogP contribution in [0.25, 0.3) is 6.08 Å². The summed E-state index contributed by atoms with van der Waals surface area (Å²) >= 11 is 0. The van der Waals surface area contributed by atoms with E-state index in [2.05, 4.69) is 0 Å². The second kappa shape index (κ2) is 6.13. The van der Waals surface area contributed by atoms with Crippen molar-refractivity contribution in [2.24, 2.45) is 0 Å². The predicted molar refractivity (Wildman–Crippen MR) is 82.4 cm³/mol. The van der Waals surface area contributed by atoms with E-state index in [9.17, 15) is 14.9 Å². The number of ketones is 1. The van der Waals surface area contributed by atoms with Gasteiger partial charge in [-0.1, -0.05) is 35.9 Å². The molecule has 0 amide bonds. The summed E-state index contributed by atoms with van der Waals surface area (Å²) < 4.78 is 0. The number of rotatable bonds is 4. The molecule has 0 spiro atoms. The van der Waals surface area contributed by atoms with Crippen LogP contribution < -0.4 is 0 Å². The normalized spacial score (nSPS) is 10.8. The number of carbonyl (C=O) groups excluding carboxylic acids is 1. The van der Waals surface area contributed by atoms with Gasteiger partial charge in [0.1, 0.15) is 0 Å². The second-order valence-electron chi connectivity index (χ2n) is 4.87. The Morgan fingerprint density at radius 3 is 2.62 bits per heavy atom. The number of hydrogen-bond acceptors (Lipinski definition) is 3. The van der Waals surface area contributed by atoms with Crippen molar-refractivity contribution >= 4 is 17.5 Å². The zero-order valence-corrected chi connectivity index (χ0v) is 11.9. The van der Waals surface area contributed by atoms with Gasteiger partial charge in [-0.2, -0.15) is 0 Å². The molecule has 21 heavy (non-hydrogen) atoms. The van der Waals surface area contributed by atoms with Crippen LogP contribution >= 0.6 is 0 Å². The number of nitro groups is 1. The van der Waals surface area contributed by atoms with Crippen molar-refractivity contribution in [1.82, 2.24) is 0 Å². The van der Waals surface area contributed by atoms with Gasteiger partial charge >= 0.3 is 0 Å². The molecule has 0 bridgehead atoms. The first kappa shape index (κ1) is 14.7. The fraction of sp³-hybridized carbons (Fsp3) is 0.118. The van der Waals surface area contributed by atoms with E-state index in [1.807, 2.05) is 32.0 Å². The van der Waals surface area contributed by atoms with Crippen LogP contribution in [-0.4, -0.2) is 10.7 Å². The molecule has 4 nitrogen and oxygen atoms in total. The van der Waals surface area contributed by atoms with Crippen LogP contribution in [0.15, 0.2) is 48.5 Å². The van der Waals surface area contributed by atoms with E-state index in [1.165, 1.54) is 18.2 Å². The van der Waals surface area contributed by atoms with Gasteiger partial charge in [0.25, 0.3) is 5.69 Å². The molecule has 0 aliphatic carbocycles. The molecule has 0 radical (unpaired) electrons. The summed E-state index contributed by atoms with van der Waals surface area (Å²) in [5, 5.41) is 10.7. The third kappa shape index (κ3) is 3.63. The van der Waals surface area contributed by atoms with Gasteiger partial charge in [0, 0.05) is 17.7 Å². The van der Waals surface area contributed by atoms with E-state index >= 15 is 0 Å². The Morgan fingerprint density at radius 1 is 1.14 bits per heavy atom. The summed E-state index contributed by atoms with van der Waals surface area (Å²) in [5.41, 5.74) is 3.22. The Bertz CT molecular complexity index is 733. The topological polar surface area (TPSA) is 60.2 Å². The lowest BCUT2D eigenvalue weighted by Gasteiger charge is -2.03. The maximum atomic E-state index is 12.2. The van der Waals surface area contributed by atoms with Gasteiger partial charge in [0.05, 0.1) is 4.92 Å². The summed E-state index contributed by atoms with van der Waals surface area (Å²) in [6.07, 6.45) is 3.04. The largest absolute Gasteiger partial charge is 0.289 e. The number of nitrogens with zero attached hydrogens (tertiary/aromatic N) is 1. The molecule has 0 saturated heterocycles. The van der Waals surface area contributed by atoms with Crippen molar-refractivity contribution in [2.45, 2.75) is 13.8 Å². The van der Waals surface area contributed by atoms with Gasteiger partial charge in [0.15, 0.2) is 5.78 Å². The minimum atomic E-state index is -0.454. The van der Waals surface area contributed by atoms with E-state index in [4.69, 9.17) is 0 Å². The Labute approximate surface area is 122 Å². The third-order valence-corrected chi connectivity index (χ3v) is 3.17. The van der Waals surface area contributed by atoms with E-state index < -0.39 is 4.92 Å². The first-order chi connectivity index (χ1) is 9.97. The second-order valence-corrected chi connectivity index (χ2v) is 4.87. The van der Waals surface area contributed by atoms with E-state index in [0.717, 1.165) is 11.1 Å². The molecule has 2 aromatic rings. The molecular weight excluding hydrogens is 266 g/mol. The zero-order chi connectivity index (χ0) is 15.4. The van der Waals surface area contributed by atoms with Gasteiger partial charge in [-0.05, 0) is 37.1 Å². The molecular formula is C17H15NO3. The summed E-state index contributed by atoms with van der Waals surface area (Å²) in [7, 11) is 0. The van der Waals surface area contributed by atoms with Crippen LogP contribution in [0.2, 0.25) is 0 Å². The molecule has 2 aromatic carbocycles. The average molecular weight is 281 g/mol. The van der Waals surface area contributed by atoms with Crippen molar-refractivity contribution in [3.63, 3.8) is 0 Å². The highest BCUT2D eigenvalue weighted by Gasteiger charge is 2.07. The lowest BCUT2D eigenvalue weighted by atomic mass is 10.0. The van der Waals surface area contributed by atoms with Gasteiger partial charge in [-0.3, -0.25) is 14.9 Å². The third-order valence-electron chi connectivity index (χ3n) is 3.17. The van der Waals surface area contributed by atoms with E-state index in [0.29, 0.717) is 11.1 Å². The zero-order valence-electron chi connectivity index (χ0n) is 11.9. The molecule has 0 atom stereocenters. The highest BCUT2D eigenvalue weighted by Crippen LogP contribution is 2.16. The quantitative estimate of drug-likeness (QED) is 0.367. The molecule has 4 heteroatoms. The number of allylic oxidation sites excluding steroid dienone is 1. The fourth-order valence-corrected chi connectivity index (χ4v) is 2.01. The van der Waals surface area contributed by atoms with Crippen LogP contribution in [-0.2, 0) is 0 Å². The van der Waals surface area contributed by atoms with Crippen LogP contribution in [0.1, 0.15) is 27.0 Å². The number of benzene rings is 2. The standard InChI is InChI=1S/C17H15NO3/c1-12-6-7-13(2)16(10-12)17(19)9-8-14-4-3-5-15(11-14)18(20)21/h3-11H,1-2H3/b9-8+. The summed E-state index contributed by atoms with van der Waals surface area (Å²) in [5.74, 6) is -0.109. The van der Waals surface area contributed by atoms with Crippen LogP contribution in [0.3, 0.4) is 0 Å². The predicted octanol–water partition coefficient (Wildman–Crippen LogP) is 4.11. The van der Waals surface area contributed by atoms with Crippen LogP contribution in [0.5, 0.6) is 0 Å². The van der Waals surface area contributed by atoms with Gasteiger partial charge < -0.3 is 0 Å². The molecule has 106 valence electrons.